The summed E-state index contributed by atoms with van der Waals surface area (Å²) in [5.74, 6) is 0.581. The lowest BCUT2D eigenvalue weighted by atomic mass is 10.1. The maximum atomic E-state index is 13.1. The van der Waals surface area contributed by atoms with E-state index in [1.165, 1.54) is 17.0 Å². The Morgan fingerprint density at radius 2 is 1.93 bits per heavy atom. The van der Waals surface area contributed by atoms with Gasteiger partial charge in [0, 0.05) is 28.4 Å². The molecule has 1 saturated heterocycles. The van der Waals surface area contributed by atoms with Crippen LogP contribution in [-0.2, 0) is 0 Å². The highest BCUT2D eigenvalue weighted by atomic mass is 19.1. The van der Waals surface area contributed by atoms with Crippen molar-refractivity contribution in [3.8, 4) is 5.75 Å². The zero-order chi connectivity index (χ0) is 18.8. The molecule has 0 amide bonds. The molecule has 5 nitrogen and oxygen atoms in total. The maximum absolute atomic E-state index is 13.1. The summed E-state index contributed by atoms with van der Waals surface area (Å²) in [6, 6.07) is 12.5. The van der Waals surface area contributed by atoms with Gasteiger partial charge in [-0.15, -0.1) is 0 Å². The minimum atomic E-state index is -0.529. The maximum Gasteiger partial charge on any atom is 0.130 e. The number of aliphatic hydroxyl groups is 1. The number of quaternary nitrogens is 1. The average molecular weight is 370 g/mol. The number of methoxy groups -OCH3 is 1. The van der Waals surface area contributed by atoms with Gasteiger partial charge in [-0.05, 0) is 42.5 Å². The van der Waals surface area contributed by atoms with Crippen molar-refractivity contribution in [3.63, 3.8) is 0 Å². The lowest BCUT2D eigenvalue weighted by Crippen LogP contribution is -3.15. The first kappa shape index (κ1) is 17.8. The summed E-state index contributed by atoms with van der Waals surface area (Å²) in [6.45, 7) is 4.35. The molecule has 27 heavy (non-hydrogen) atoms. The number of piperazine rings is 1. The van der Waals surface area contributed by atoms with Gasteiger partial charge >= 0.3 is 0 Å². The van der Waals surface area contributed by atoms with Gasteiger partial charge in [0.1, 0.15) is 24.2 Å². The fourth-order valence-corrected chi connectivity index (χ4v) is 3.84. The standard InChI is InChI=1S/C21H24FN3O2/c1-27-17-6-7-20-18(12-17)19(13-23-20)21(26)14-24-8-10-25(11-9-24)16-4-2-15(22)3-5-16/h2-7,12-13,21,23,26H,8-11,14H2,1H3/p+1/t21-/m0/s1. The number of nitrogens with one attached hydrogen (secondary N) is 2. The zero-order valence-corrected chi connectivity index (χ0v) is 15.4. The van der Waals surface area contributed by atoms with Crippen LogP contribution in [-0.4, -0.2) is 49.9 Å². The average Bonchev–Trinajstić information content (AvgIpc) is 3.12. The number of aliphatic hydroxyl groups excluding tert-OH is 1. The van der Waals surface area contributed by atoms with E-state index < -0.39 is 6.10 Å². The molecule has 0 bridgehead atoms. The second-order valence-corrected chi connectivity index (χ2v) is 7.09. The van der Waals surface area contributed by atoms with E-state index in [0.29, 0.717) is 6.54 Å². The third-order valence-corrected chi connectivity index (χ3v) is 5.42. The Balaban J connectivity index is 1.39. The van der Waals surface area contributed by atoms with Crippen LogP contribution in [0.3, 0.4) is 0 Å². The fourth-order valence-electron chi connectivity index (χ4n) is 3.84. The Kier molecular flexibility index (Phi) is 5.01. The van der Waals surface area contributed by atoms with Gasteiger partial charge in [0.2, 0.25) is 0 Å². The molecule has 0 saturated carbocycles. The minimum absolute atomic E-state index is 0.207. The summed E-state index contributed by atoms with van der Waals surface area (Å²) in [5, 5.41) is 11.8. The van der Waals surface area contributed by atoms with Crippen molar-refractivity contribution < 1.29 is 19.1 Å². The monoisotopic (exact) mass is 370 g/mol. The van der Waals surface area contributed by atoms with E-state index >= 15 is 0 Å². The topological polar surface area (TPSA) is 52.9 Å². The zero-order valence-electron chi connectivity index (χ0n) is 15.4. The van der Waals surface area contributed by atoms with E-state index in [0.717, 1.165) is 54.1 Å². The summed E-state index contributed by atoms with van der Waals surface area (Å²) in [4.78, 5) is 6.87. The molecule has 1 aliphatic heterocycles. The van der Waals surface area contributed by atoms with Gasteiger partial charge in [0.25, 0.3) is 0 Å². The van der Waals surface area contributed by atoms with Crippen molar-refractivity contribution >= 4 is 16.6 Å². The number of H-pyrrole nitrogens is 1. The molecule has 2 heterocycles. The predicted molar refractivity (Wildman–Crippen MR) is 104 cm³/mol. The Morgan fingerprint density at radius 3 is 2.63 bits per heavy atom. The summed E-state index contributed by atoms with van der Waals surface area (Å²) in [6.07, 6.45) is 1.36. The van der Waals surface area contributed by atoms with Gasteiger partial charge in [-0.1, -0.05) is 0 Å². The molecular weight excluding hydrogens is 345 g/mol. The molecule has 0 aliphatic carbocycles. The normalized spacial score (nSPS) is 16.6. The minimum Gasteiger partial charge on any atom is -0.497 e. The second kappa shape index (κ2) is 7.58. The van der Waals surface area contributed by atoms with Crippen LogP contribution in [0.25, 0.3) is 10.9 Å². The highest BCUT2D eigenvalue weighted by Gasteiger charge is 2.24. The molecule has 0 unspecified atom stereocenters. The number of fused-ring (bicyclic) bond motifs is 1. The molecule has 142 valence electrons. The molecule has 3 aromatic rings. The van der Waals surface area contributed by atoms with Gasteiger partial charge in [-0.3, -0.25) is 0 Å². The second-order valence-electron chi connectivity index (χ2n) is 7.09. The van der Waals surface area contributed by atoms with Crippen molar-refractivity contribution in [1.29, 1.82) is 0 Å². The third-order valence-electron chi connectivity index (χ3n) is 5.42. The van der Waals surface area contributed by atoms with Crippen LogP contribution in [0, 0.1) is 5.82 Å². The largest absolute Gasteiger partial charge is 0.497 e. The van der Waals surface area contributed by atoms with E-state index in [1.54, 1.807) is 7.11 Å². The highest BCUT2D eigenvalue weighted by Crippen LogP contribution is 2.27. The molecule has 1 fully saturated rings. The first-order valence-corrected chi connectivity index (χ1v) is 9.31. The summed E-state index contributed by atoms with van der Waals surface area (Å²) >= 11 is 0. The number of hydrogen-bond donors (Lipinski definition) is 3. The Labute approximate surface area is 158 Å². The molecule has 1 atom stereocenters. The van der Waals surface area contributed by atoms with E-state index in [9.17, 15) is 9.50 Å². The number of nitrogens with zero attached hydrogens (tertiary/aromatic N) is 1. The van der Waals surface area contributed by atoms with Gasteiger partial charge < -0.3 is 24.6 Å². The van der Waals surface area contributed by atoms with Crippen LogP contribution in [0.2, 0.25) is 0 Å². The van der Waals surface area contributed by atoms with Crippen LogP contribution in [0.1, 0.15) is 11.7 Å². The number of hydrogen-bond acceptors (Lipinski definition) is 3. The SMILES string of the molecule is COc1ccc2[nH]cc([C@@H](O)C[NH+]3CCN(c4ccc(F)cc4)CC3)c2c1. The summed E-state index contributed by atoms with van der Waals surface area (Å²) in [5.41, 5.74) is 2.97. The molecule has 4 rings (SSSR count). The number of anilines is 1. The number of aromatic nitrogens is 1. The quantitative estimate of drug-likeness (QED) is 0.642. The Bertz CT molecular complexity index is 901. The van der Waals surface area contributed by atoms with Gasteiger partial charge in [-0.2, -0.15) is 0 Å². The van der Waals surface area contributed by atoms with Crippen molar-refractivity contribution in [3.05, 3.63) is 60.0 Å². The number of aromatic amines is 1. The van der Waals surface area contributed by atoms with Crippen molar-refractivity contribution in [2.24, 2.45) is 0 Å². The van der Waals surface area contributed by atoms with Crippen LogP contribution >= 0.6 is 0 Å². The third kappa shape index (κ3) is 3.77. The van der Waals surface area contributed by atoms with Crippen LogP contribution in [0.5, 0.6) is 5.75 Å². The van der Waals surface area contributed by atoms with E-state index in [-0.39, 0.29) is 5.82 Å². The molecule has 1 aliphatic rings. The summed E-state index contributed by atoms with van der Waals surface area (Å²) < 4.78 is 18.4. The number of rotatable bonds is 5. The lowest BCUT2D eigenvalue weighted by molar-refractivity contribution is -0.904. The molecular formula is C21H25FN3O2+. The van der Waals surface area contributed by atoms with Crippen LogP contribution in [0.4, 0.5) is 10.1 Å². The molecule has 0 radical (unpaired) electrons. The smallest absolute Gasteiger partial charge is 0.130 e. The van der Waals surface area contributed by atoms with Crippen molar-refractivity contribution in [1.82, 2.24) is 4.98 Å². The van der Waals surface area contributed by atoms with Crippen LogP contribution in [0.15, 0.2) is 48.7 Å². The number of halogens is 1. The van der Waals surface area contributed by atoms with Gasteiger partial charge in [0.05, 0.1) is 33.3 Å². The first-order chi connectivity index (χ1) is 13.1. The lowest BCUT2D eigenvalue weighted by Gasteiger charge is -2.34. The molecule has 2 aromatic carbocycles. The fraction of sp³-hybridized carbons (Fsp3) is 0.333. The van der Waals surface area contributed by atoms with E-state index in [4.69, 9.17) is 4.74 Å². The summed E-state index contributed by atoms with van der Waals surface area (Å²) in [7, 11) is 1.65. The van der Waals surface area contributed by atoms with E-state index in [2.05, 4.69) is 9.88 Å². The Morgan fingerprint density at radius 1 is 1.19 bits per heavy atom. The van der Waals surface area contributed by atoms with Crippen molar-refractivity contribution in [2.75, 3.05) is 44.7 Å². The first-order valence-electron chi connectivity index (χ1n) is 9.31. The Hall–Kier alpha value is -2.57. The molecule has 1 aromatic heterocycles. The van der Waals surface area contributed by atoms with Gasteiger partial charge in [-0.25, -0.2) is 4.39 Å². The van der Waals surface area contributed by atoms with Crippen LogP contribution < -0.4 is 14.5 Å². The highest BCUT2D eigenvalue weighted by molar-refractivity contribution is 5.85. The van der Waals surface area contributed by atoms with Crippen molar-refractivity contribution in [2.45, 2.75) is 6.10 Å². The molecule has 3 N–H and O–H groups in total. The van der Waals surface area contributed by atoms with E-state index in [1.807, 2.05) is 36.5 Å². The number of ether oxygens (including phenoxy) is 1. The predicted octanol–water partition coefficient (Wildman–Crippen LogP) is 1.75. The number of benzene rings is 2. The van der Waals surface area contributed by atoms with Gasteiger partial charge in [0.15, 0.2) is 0 Å². The molecule has 6 heteroatoms. The molecule has 0 spiro atoms.